The normalized spacial score (nSPS) is 10.7. The van der Waals surface area contributed by atoms with Crippen LogP contribution in [0.4, 0.5) is 5.13 Å². The summed E-state index contributed by atoms with van der Waals surface area (Å²) in [4.78, 5) is 17.6. The number of thiophene rings is 1. The Bertz CT molecular complexity index is 761. The molecular formula is C18H18N2OS2. The number of carbonyl (C=O) groups excluding carboxylic acids is 1. The molecule has 2 aromatic heterocycles. The highest BCUT2D eigenvalue weighted by Crippen LogP contribution is 2.28. The first-order valence-corrected chi connectivity index (χ1v) is 9.31. The van der Waals surface area contributed by atoms with Crippen LogP contribution in [0.2, 0.25) is 0 Å². The predicted molar refractivity (Wildman–Crippen MR) is 98.2 cm³/mol. The third-order valence-corrected chi connectivity index (χ3v) is 5.16. The van der Waals surface area contributed by atoms with Gasteiger partial charge in [-0.25, -0.2) is 4.98 Å². The average molecular weight is 342 g/mol. The first kappa shape index (κ1) is 15.9. The minimum absolute atomic E-state index is 0.0317. The molecule has 0 fully saturated rings. The molecule has 0 radical (unpaired) electrons. The summed E-state index contributed by atoms with van der Waals surface area (Å²) in [6.45, 7) is 2.08. The summed E-state index contributed by atoms with van der Waals surface area (Å²) in [5, 5.41) is 7.57. The maximum absolute atomic E-state index is 12.0. The summed E-state index contributed by atoms with van der Waals surface area (Å²) in [7, 11) is 0. The van der Waals surface area contributed by atoms with Gasteiger partial charge in [0, 0.05) is 11.8 Å². The van der Waals surface area contributed by atoms with Crippen molar-refractivity contribution >= 4 is 33.7 Å². The van der Waals surface area contributed by atoms with E-state index in [-0.39, 0.29) is 5.91 Å². The van der Waals surface area contributed by atoms with Gasteiger partial charge in [-0.2, -0.15) is 0 Å². The summed E-state index contributed by atoms with van der Waals surface area (Å²) in [5.41, 5.74) is 3.47. The Labute approximate surface area is 144 Å². The lowest BCUT2D eigenvalue weighted by atomic mass is 10.1. The molecule has 0 unspecified atom stereocenters. The molecule has 3 nitrogen and oxygen atoms in total. The van der Waals surface area contributed by atoms with Crippen molar-refractivity contribution in [3.8, 4) is 10.6 Å². The quantitative estimate of drug-likeness (QED) is 0.674. The van der Waals surface area contributed by atoms with Gasteiger partial charge in [-0.05, 0) is 36.8 Å². The van der Waals surface area contributed by atoms with E-state index in [0.29, 0.717) is 11.6 Å². The van der Waals surface area contributed by atoms with Crippen molar-refractivity contribution in [2.75, 3.05) is 5.32 Å². The zero-order valence-electron chi connectivity index (χ0n) is 12.9. The van der Waals surface area contributed by atoms with Crippen molar-refractivity contribution in [3.05, 3.63) is 58.3 Å². The lowest BCUT2D eigenvalue weighted by molar-refractivity contribution is -0.116. The first-order valence-electron chi connectivity index (χ1n) is 7.55. The molecule has 23 heavy (non-hydrogen) atoms. The molecular weight excluding hydrogens is 324 g/mol. The molecule has 1 aromatic carbocycles. The van der Waals surface area contributed by atoms with Crippen LogP contribution in [0.25, 0.3) is 10.6 Å². The number of hydrogen-bond acceptors (Lipinski definition) is 4. The van der Waals surface area contributed by atoms with Crippen LogP contribution in [0.5, 0.6) is 0 Å². The molecule has 5 heteroatoms. The summed E-state index contributed by atoms with van der Waals surface area (Å²) in [6, 6.07) is 12.5. The van der Waals surface area contributed by atoms with E-state index < -0.39 is 0 Å². The number of thiazole rings is 1. The monoisotopic (exact) mass is 342 g/mol. The second kappa shape index (κ2) is 7.53. The minimum atomic E-state index is 0.0317. The van der Waals surface area contributed by atoms with Gasteiger partial charge in [-0.15, -0.1) is 22.7 Å². The van der Waals surface area contributed by atoms with Crippen LogP contribution in [0.1, 0.15) is 24.0 Å². The number of hydrogen-bond donors (Lipinski definition) is 1. The molecule has 0 bridgehead atoms. The van der Waals surface area contributed by atoms with Crippen LogP contribution in [0, 0.1) is 6.92 Å². The van der Waals surface area contributed by atoms with Gasteiger partial charge in [-0.1, -0.05) is 35.9 Å². The van der Waals surface area contributed by atoms with Gasteiger partial charge < -0.3 is 5.32 Å². The Balaban J connectivity index is 1.47. The van der Waals surface area contributed by atoms with E-state index in [0.717, 1.165) is 23.4 Å². The van der Waals surface area contributed by atoms with Gasteiger partial charge >= 0.3 is 0 Å². The maximum Gasteiger partial charge on any atom is 0.226 e. The van der Waals surface area contributed by atoms with Gasteiger partial charge in [0.1, 0.15) is 0 Å². The van der Waals surface area contributed by atoms with Crippen molar-refractivity contribution in [3.63, 3.8) is 0 Å². The number of amides is 1. The van der Waals surface area contributed by atoms with E-state index in [1.54, 1.807) is 11.3 Å². The molecule has 0 spiro atoms. The van der Waals surface area contributed by atoms with E-state index >= 15 is 0 Å². The fourth-order valence-electron chi connectivity index (χ4n) is 2.26. The van der Waals surface area contributed by atoms with E-state index in [9.17, 15) is 4.79 Å². The summed E-state index contributed by atoms with van der Waals surface area (Å²) < 4.78 is 0. The first-order chi connectivity index (χ1) is 11.2. The van der Waals surface area contributed by atoms with Crippen molar-refractivity contribution in [2.24, 2.45) is 0 Å². The molecule has 0 saturated heterocycles. The number of rotatable bonds is 6. The summed E-state index contributed by atoms with van der Waals surface area (Å²) >= 11 is 3.12. The third-order valence-electron chi connectivity index (χ3n) is 3.51. The highest BCUT2D eigenvalue weighted by Gasteiger charge is 2.08. The molecule has 1 N–H and O–H groups in total. The summed E-state index contributed by atoms with van der Waals surface area (Å²) in [5.74, 6) is 0.0317. The van der Waals surface area contributed by atoms with Gasteiger partial charge in [0.05, 0.1) is 10.6 Å². The van der Waals surface area contributed by atoms with Crippen LogP contribution in [-0.2, 0) is 11.2 Å². The molecule has 0 saturated carbocycles. The summed E-state index contributed by atoms with van der Waals surface area (Å²) in [6.07, 6.45) is 2.28. The zero-order chi connectivity index (χ0) is 16.1. The molecule has 0 atom stereocenters. The second-order valence-corrected chi connectivity index (χ2v) is 7.21. The van der Waals surface area contributed by atoms with E-state index in [1.807, 2.05) is 22.9 Å². The van der Waals surface area contributed by atoms with Crippen LogP contribution in [-0.4, -0.2) is 10.9 Å². The molecule has 0 aliphatic heterocycles. The van der Waals surface area contributed by atoms with Gasteiger partial charge in [-0.3, -0.25) is 4.79 Å². The predicted octanol–water partition coefficient (Wildman–Crippen LogP) is 5.14. The second-order valence-electron chi connectivity index (χ2n) is 5.40. The van der Waals surface area contributed by atoms with Gasteiger partial charge in [0.15, 0.2) is 5.13 Å². The molecule has 1 amide bonds. The number of aryl methyl sites for hydroxylation is 2. The van der Waals surface area contributed by atoms with Crippen molar-refractivity contribution in [1.29, 1.82) is 0 Å². The number of anilines is 1. The molecule has 118 valence electrons. The highest BCUT2D eigenvalue weighted by atomic mass is 32.1. The number of nitrogens with zero attached hydrogens (tertiary/aromatic N) is 1. The largest absolute Gasteiger partial charge is 0.302 e. The van der Waals surface area contributed by atoms with Crippen LogP contribution >= 0.6 is 22.7 Å². The Kier molecular flexibility index (Phi) is 5.20. The van der Waals surface area contributed by atoms with Crippen LogP contribution in [0.3, 0.4) is 0 Å². The van der Waals surface area contributed by atoms with E-state index in [1.165, 1.54) is 22.5 Å². The number of nitrogens with one attached hydrogen (secondary N) is 1. The Hall–Kier alpha value is -1.98. The van der Waals surface area contributed by atoms with Gasteiger partial charge in [0.2, 0.25) is 5.91 Å². The van der Waals surface area contributed by atoms with Crippen molar-refractivity contribution in [2.45, 2.75) is 26.2 Å². The fraction of sp³-hybridized carbons (Fsp3) is 0.222. The Morgan fingerprint density at radius 1 is 1.17 bits per heavy atom. The molecule has 0 aliphatic carbocycles. The number of carbonyl (C=O) groups is 1. The Morgan fingerprint density at radius 3 is 2.74 bits per heavy atom. The smallest absolute Gasteiger partial charge is 0.226 e. The molecule has 3 aromatic rings. The van der Waals surface area contributed by atoms with Gasteiger partial charge in [0.25, 0.3) is 0 Å². The van der Waals surface area contributed by atoms with Crippen molar-refractivity contribution in [1.82, 2.24) is 4.98 Å². The minimum Gasteiger partial charge on any atom is -0.302 e. The SMILES string of the molecule is Cc1ccc(CCCC(=O)Nc2nc(-c3cccs3)cs2)cc1. The standard InChI is InChI=1S/C18H18N2OS2/c1-13-7-9-14(10-8-13)4-2-6-17(21)20-18-19-15(12-23-18)16-5-3-11-22-16/h3,5,7-12H,2,4,6H2,1H3,(H,19,20,21). The maximum atomic E-state index is 12.0. The van der Waals surface area contributed by atoms with Crippen molar-refractivity contribution < 1.29 is 4.79 Å². The lowest BCUT2D eigenvalue weighted by Gasteiger charge is -2.03. The van der Waals surface area contributed by atoms with E-state index in [4.69, 9.17) is 0 Å². The topological polar surface area (TPSA) is 42.0 Å². The van der Waals surface area contributed by atoms with E-state index in [2.05, 4.69) is 41.5 Å². The van der Waals surface area contributed by atoms with Crippen LogP contribution in [0.15, 0.2) is 47.2 Å². The number of aromatic nitrogens is 1. The third kappa shape index (κ3) is 4.50. The fourth-order valence-corrected chi connectivity index (χ4v) is 3.75. The number of benzene rings is 1. The average Bonchev–Trinajstić information content (AvgIpc) is 3.20. The lowest BCUT2D eigenvalue weighted by Crippen LogP contribution is -2.11. The zero-order valence-corrected chi connectivity index (χ0v) is 14.5. The van der Waals surface area contributed by atoms with Crippen LogP contribution < -0.4 is 5.32 Å². The molecule has 3 rings (SSSR count). The molecule has 2 heterocycles. The highest BCUT2D eigenvalue weighted by molar-refractivity contribution is 7.16. The molecule has 0 aliphatic rings. The Morgan fingerprint density at radius 2 is 2.00 bits per heavy atom.